The fourth-order valence-corrected chi connectivity index (χ4v) is 8.69. The molecule has 51 heavy (non-hydrogen) atoms. The molecule has 0 radical (unpaired) electrons. The second kappa shape index (κ2) is 12.3. The maximum atomic E-state index is 6.10. The highest BCUT2D eigenvalue weighted by molar-refractivity contribution is 7.25. The van der Waals surface area contributed by atoms with E-state index in [1.165, 1.54) is 59.3 Å². The molecule has 0 fully saturated rings. The van der Waals surface area contributed by atoms with E-state index in [0.29, 0.717) is 0 Å². The Morgan fingerprint density at radius 2 is 1.00 bits per heavy atom. The molecule has 7 aromatic carbocycles. The summed E-state index contributed by atoms with van der Waals surface area (Å²) >= 11 is 1.86. The highest BCUT2D eigenvalue weighted by atomic mass is 32.1. The highest BCUT2D eigenvalue weighted by Crippen LogP contribution is 2.40. The Balaban J connectivity index is 1.02. The molecule has 1 aliphatic carbocycles. The number of benzene rings is 7. The van der Waals surface area contributed by atoms with Crippen molar-refractivity contribution >= 4 is 70.4 Å². The second-order valence-corrected chi connectivity index (χ2v) is 14.3. The average Bonchev–Trinajstić information content (AvgIpc) is 3.77. The number of furan rings is 1. The molecule has 9 aromatic rings. The first kappa shape index (κ1) is 29.7. The lowest BCUT2D eigenvalue weighted by Crippen LogP contribution is -2.17. The van der Waals surface area contributed by atoms with Gasteiger partial charge in [0.1, 0.15) is 11.2 Å². The van der Waals surface area contributed by atoms with E-state index < -0.39 is 0 Å². The van der Waals surface area contributed by atoms with Crippen LogP contribution in [0.15, 0.2) is 186 Å². The van der Waals surface area contributed by atoms with Gasteiger partial charge in [0.05, 0.1) is 0 Å². The molecule has 3 heteroatoms. The molecule has 0 aliphatic heterocycles. The standard InChI is InChI=1S/C48H33NOS/c1-2-8-32(9-3-1)33-14-22-38(23-15-33)49(39-24-16-34(17-25-39)36-20-28-46-43(30-36)41-10-4-6-12-45(41)50-46)40-26-18-35(19-27-40)37-21-29-48-44(31-37)42-11-5-7-13-47(42)51-48/h1-14,16-22,24-31H,15,23H2. The number of hydrogen-bond acceptors (Lipinski definition) is 3. The van der Waals surface area contributed by atoms with Crippen molar-refractivity contribution in [3.05, 3.63) is 187 Å². The average molecular weight is 672 g/mol. The summed E-state index contributed by atoms with van der Waals surface area (Å²) in [5.74, 6) is 0. The van der Waals surface area contributed by atoms with Gasteiger partial charge in [0, 0.05) is 48.0 Å². The molecule has 2 aromatic heterocycles. The Kier molecular flexibility index (Phi) is 7.18. The lowest BCUT2D eigenvalue weighted by Gasteiger charge is -2.30. The van der Waals surface area contributed by atoms with Crippen LogP contribution in [0.1, 0.15) is 18.4 Å². The van der Waals surface area contributed by atoms with Gasteiger partial charge in [0.2, 0.25) is 0 Å². The predicted molar refractivity (Wildman–Crippen MR) is 218 cm³/mol. The highest BCUT2D eigenvalue weighted by Gasteiger charge is 2.19. The van der Waals surface area contributed by atoms with E-state index in [0.717, 1.165) is 46.2 Å². The Hall–Kier alpha value is -6.16. The van der Waals surface area contributed by atoms with Crippen molar-refractivity contribution in [1.29, 1.82) is 0 Å². The number of rotatable bonds is 6. The second-order valence-electron chi connectivity index (χ2n) is 13.3. The van der Waals surface area contributed by atoms with Gasteiger partial charge >= 0.3 is 0 Å². The van der Waals surface area contributed by atoms with Crippen LogP contribution in [0.3, 0.4) is 0 Å². The van der Waals surface area contributed by atoms with E-state index in [4.69, 9.17) is 4.42 Å². The topological polar surface area (TPSA) is 16.4 Å². The van der Waals surface area contributed by atoms with Crippen molar-refractivity contribution in [2.24, 2.45) is 0 Å². The van der Waals surface area contributed by atoms with E-state index in [1.54, 1.807) is 0 Å². The number of para-hydroxylation sites is 1. The van der Waals surface area contributed by atoms with Gasteiger partial charge in [-0.2, -0.15) is 0 Å². The van der Waals surface area contributed by atoms with Crippen LogP contribution in [0, 0.1) is 0 Å². The minimum Gasteiger partial charge on any atom is -0.456 e. The molecule has 2 nitrogen and oxygen atoms in total. The molecule has 0 bridgehead atoms. The summed E-state index contributed by atoms with van der Waals surface area (Å²) in [4.78, 5) is 2.42. The van der Waals surface area contributed by atoms with Crippen molar-refractivity contribution in [1.82, 2.24) is 0 Å². The number of thiophene rings is 1. The van der Waals surface area contributed by atoms with E-state index in [-0.39, 0.29) is 0 Å². The van der Waals surface area contributed by atoms with Gasteiger partial charge in [-0.05, 0) is 113 Å². The van der Waals surface area contributed by atoms with Crippen LogP contribution in [0.5, 0.6) is 0 Å². The third-order valence-electron chi connectivity index (χ3n) is 10.2. The third kappa shape index (κ3) is 5.34. The maximum absolute atomic E-state index is 6.10. The van der Waals surface area contributed by atoms with Gasteiger partial charge in [0.15, 0.2) is 0 Å². The smallest absolute Gasteiger partial charge is 0.135 e. The molecule has 0 spiro atoms. The number of fused-ring (bicyclic) bond motifs is 6. The zero-order valence-electron chi connectivity index (χ0n) is 27.9. The van der Waals surface area contributed by atoms with Crippen molar-refractivity contribution in [3.63, 3.8) is 0 Å². The van der Waals surface area contributed by atoms with Gasteiger partial charge in [0.25, 0.3) is 0 Å². The van der Waals surface area contributed by atoms with Gasteiger partial charge in [-0.15, -0.1) is 11.3 Å². The van der Waals surface area contributed by atoms with E-state index in [2.05, 4.69) is 169 Å². The zero-order valence-corrected chi connectivity index (χ0v) is 28.7. The lowest BCUT2D eigenvalue weighted by molar-refractivity contribution is 0.669. The van der Waals surface area contributed by atoms with Crippen LogP contribution >= 0.6 is 11.3 Å². The molecule has 0 unspecified atom stereocenters. The quantitative estimate of drug-likeness (QED) is 0.175. The van der Waals surface area contributed by atoms with Gasteiger partial charge in [-0.25, -0.2) is 0 Å². The fraction of sp³-hybridized carbons (Fsp3) is 0.0417. The van der Waals surface area contributed by atoms with Crippen LogP contribution in [0.2, 0.25) is 0 Å². The molecule has 2 heterocycles. The summed E-state index contributed by atoms with van der Waals surface area (Å²) in [6.45, 7) is 0. The molecular formula is C48H33NOS. The van der Waals surface area contributed by atoms with Crippen LogP contribution < -0.4 is 4.90 Å². The molecular weight excluding hydrogens is 639 g/mol. The van der Waals surface area contributed by atoms with Crippen LogP contribution in [0.25, 0.3) is 69.9 Å². The zero-order chi connectivity index (χ0) is 33.7. The number of anilines is 2. The van der Waals surface area contributed by atoms with E-state index >= 15 is 0 Å². The summed E-state index contributed by atoms with van der Waals surface area (Å²) in [6, 6.07) is 59.2. The number of hydrogen-bond donors (Lipinski definition) is 0. The largest absolute Gasteiger partial charge is 0.456 e. The minimum atomic E-state index is 0.918. The Labute approximate surface area is 300 Å². The third-order valence-corrected chi connectivity index (χ3v) is 11.4. The molecule has 242 valence electrons. The van der Waals surface area contributed by atoms with Crippen molar-refractivity contribution < 1.29 is 4.42 Å². The summed E-state index contributed by atoms with van der Waals surface area (Å²) in [6.07, 6.45) is 6.56. The van der Waals surface area contributed by atoms with Gasteiger partial charge < -0.3 is 9.32 Å². The van der Waals surface area contributed by atoms with Crippen molar-refractivity contribution in [2.75, 3.05) is 4.90 Å². The van der Waals surface area contributed by atoms with Crippen LogP contribution in [-0.2, 0) is 0 Å². The first-order valence-corrected chi connectivity index (χ1v) is 18.4. The summed E-state index contributed by atoms with van der Waals surface area (Å²) < 4.78 is 8.76. The maximum Gasteiger partial charge on any atom is 0.135 e. The molecule has 1 aliphatic rings. The Bertz CT molecular complexity index is 2630. The van der Waals surface area contributed by atoms with E-state index in [1.807, 2.05) is 23.5 Å². The summed E-state index contributed by atoms with van der Waals surface area (Å²) in [5, 5.41) is 4.95. The lowest BCUT2D eigenvalue weighted by atomic mass is 9.94. The van der Waals surface area contributed by atoms with Gasteiger partial charge in [-0.1, -0.05) is 109 Å². The first-order valence-electron chi connectivity index (χ1n) is 17.5. The summed E-state index contributed by atoms with van der Waals surface area (Å²) in [7, 11) is 0. The van der Waals surface area contributed by atoms with E-state index in [9.17, 15) is 0 Å². The van der Waals surface area contributed by atoms with Crippen molar-refractivity contribution in [2.45, 2.75) is 12.8 Å². The fourth-order valence-electron chi connectivity index (χ4n) is 7.60. The molecule has 0 saturated heterocycles. The molecule has 0 atom stereocenters. The monoisotopic (exact) mass is 671 g/mol. The molecule has 0 N–H and O–H groups in total. The predicted octanol–water partition coefficient (Wildman–Crippen LogP) is 14.2. The molecule has 0 amide bonds. The normalized spacial score (nSPS) is 13.2. The van der Waals surface area contributed by atoms with Crippen LogP contribution in [-0.4, -0.2) is 0 Å². The Morgan fingerprint density at radius 3 is 1.73 bits per heavy atom. The van der Waals surface area contributed by atoms with Gasteiger partial charge in [-0.3, -0.25) is 0 Å². The van der Waals surface area contributed by atoms with Crippen LogP contribution in [0.4, 0.5) is 11.4 Å². The minimum absolute atomic E-state index is 0.918. The van der Waals surface area contributed by atoms with Crippen molar-refractivity contribution in [3.8, 4) is 22.3 Å². The Morgan fingerprint density at radius 1 is 0.412 bits per heavy atom. The molecule has 0 saturated carbocycles. The summed E-state index contributed by atoms with van der Waals surface area (Å²) in [5.41, 5.74) is 12.9. The number of allylic oxidation sites excluding steroid dienone is 4. The first-order chi connectivity index (χ1) is 25.2. The number of nitrogens with zero attached hydrogens (tertiary/aromatic N) is 1. The molecule has 10 rings (SSSR count). The SMILES string of the molecule is C1=C(c2ccccc2)CCC(N(c2ccc(-c3ccc4oc5ccccc5c4c3)cc2)c2ccc(-c3ccc4sc5ccccc5c4c3)cc2)=C1.